The van der Waals surface area contributed by atoms with Crippen molar-refractivity contribution in [2.45, 2.75) is 18.5 Å². The van der Waals surface area contributed by atoms with Gasteiger partial charge in [0.1, 0.15) is 12.1 Å². The first kappa shape index (κ1) is 15.9. The number of hydrogen-bond donors (Lipinski definition) is 1. The molecule has 0 saturated carbocycles. The molecule has 3 amide bonds. The van der Waals surface area contributed by atoms with Crippen LogP contribution in [0.15, 0.2) is 40.3 Å². The smallest absolute Gasteiger partial charge is 0.289 e. The Morgan fingerprint density at radius 2 is 2.16 bits per heavy atom. The Labute approximate surface area is 148 Å². The summed E-state index contributed by atoms with van der Waals surface area (Å²) in [7, 11) is 0. The van der Waals surface area contributed by atoms with Crippen LogP contribution in [0.2, 0.25) is 0 Å². The van der Waals surface area contributed by atoms with Crippen LogP contribution in [0.25, 0.3) is 0 Å². The third-order valence-corrected chi connectivity index (χ3v) is 5.48. The second kappa shape index (κ2) is 6.36. The highest BCUT2D eigenvalue weighted by molar-refractivity contribution is 7.09. The molecule has 4 heterocycles. The summed E-state index contributed by atoms with van der Waals surface area (Å²) >= 11 is 1.57. The van der Waals surface area contributed by atoms with Crippen LogP contribution in [0.1, 0.15) is 15.4 Å². The van der Waals surface area contributed by atoms with Crippen molar-refractivity contribution in [2.24, 2.45) is 0 Å². The minimum Gasteiger partial charge on any atom is -0.459 e. The molecule has 4 rings (SSSR count). The number of hydrogen-bond acceptors (Lipinski definition) is 5. The van der Waals surface area contributed by atoms with E-state index < -0.39 is 12.1 Å². The Balaban J connectivity index is 1.47. The van der Waals surface area contributed by atoms with Gasteiger partial charge in [0.15, 0.2) is 5.76 Å². The fraction of sp³-hybridized carbons (Fsp3) is 0.353. The molecule has 0 aliphatic carbocycles. The van der Waals surface area contributed by atoms with E-state index in [2.05, 4.69) is 5.32 Å². The van der Waals surface area contributed by atoms with Gasteiger partial charge in [0.05, 0.1) is 12.8 Å². The van der Waals surface area contributed by atoms with Crippen molar-refractivity contribution in [1.29, 1.82) is 0 Å². The van der Waals surface area contributed by atoms with Crippen molar-refractivity contribution in [3.63, 3.8) is 0 Å². The number of rotatable bonds is 3. The van der Waals surface area contributed by atoms with Crippen LogP contribution < -0.4 is 5.32 Å². The van der Waals surface area contributed by atoms with E-state index >= 15 is 0 Å². The molecule has 0 aromatic carbocycles. The Morgan fingerprint density at radius 1 is 1.28 bits per heavy atom. The summed E-state index contributed by atoms with van der Waals surface area (Å²) < 4.78 is 5.14. The Kier molecular flexibility index (Phi) is 4.04. The number of nitrogens with one attached hydrogen (secondary N) is 1. The van der Waals surface area contributed by atoms with Crippen LogP contribution in [0.3, 0.4) is 0 Å². The average Bonchev–Trinajstić information content (AvgIpc) is 3.32. The van der Waals surface area contributed by atoms with E-state index in [9.17, 15) is 14.4 Å². The van der Waals surface area contributed by atoms with E-state index in [1.807, 2.05) is 17.5 Å². The molecule has 2 aromatic rings. The zero-order valence-electron chi connectivity index (χ0n) is 13.4. The minimum atomic E-state index is -0.639. The number of piperazine rings is 2. The van der Waals surface area contributed by atoms with Gasteiger partial charge in [-0.2, -0.15) is 0 Å². The van der Waals surface area contributed by atoms with Gasteiger partial charge in [-0.25, -0.2) is 0 Å². The van der Waals surface area contributed by atoms with Crippen LogP contribution in [0.5, 0.6) is 0 Å². The van der Waals surface area contributed by atoms with Crippen molar-refractivity contribution in [1.82, 2.24) is 15.1 Å². The lowest BCUT2D eigenvalue weighted by Gasteiger charge is -2.45. The maximum atomic E-state index is 12.7. The van der Waals surface area contributed by atoms with E-state index in [1.54, 1.807) is 33.3 Å². The number of carbonyl (C=O) groups excluding carboxylic acids is 3. The summed E-state index contributed by atoms with van der Waals surface area (Å²) in [4.78, 5) is 41.9. The number of nitrogens with zero attached hydrogens (tertiary/aromatic N) is 2. The predicted molar refractivity (Wildman–Crippen MR) is 90.1 cm³/mol. The van der Waals surface area contributed by atoms with E-state index in [4.69, 9.17) is 4.42 Å². The Morgan fingerprint density at radius 3 is 2.88 bits per heavy atom. The van der Waals surface area contributed by atoms with Gasteiger partial charge in [0.25, 0.3) is 5.91 Å². The van der Waals surface area contributed by atoms with Crippen LogP contribution in [-0.4, -0.2) is 59.2 Å². The van der Waals surface area contributed by atoms with Crippen molar-refractivity contribution < 1.29 is 18.8 Å². The van der Waals surface area contributed by atoms with Crippen molar-refractivity contribution in [3.05, 3.63) is 46.5 Å². The summed E-state index contributed by atoms with van der Waals surface area (Å²) in [6.45, 7) is 0.925. The molecule has 0 spiro atoms. The second-order valence-corrected chi connectivity index (χ2v) is 7.15. The molecule has 2 aliphatic heterocycles. The lowest BCUT2D eigenvalue weighted by molar-refractivity contribution is -0.152. The number of thiophene rings is 1. The van der Waals surface area contributed by atoms with Crippen LogP contribution >= 0.6 is 11.3 Å². The first-order chi connectivity index (χ1) is 12.1. The third-order valence-electron chi connectivity index (χ3n) is 4.59. The van der Waals surface area contributed by atoms with Gasteiger partial charge in [-0.3, -0.25) is 14.4 Å². The van der Waals surface area contributed by atoms with Crippen molar-refractivity contribution >= 4 is 29.1 Å². The lowest BCUT2D eigenvalue weighted by atomic mass is 10.0. The van der Waals surface area contributed by atoms with Crippen LogP contribution in [0, 0.1) is 0 Å². The van der Waals surface area contributed by atoms with Gasteiger partial charge in [0.2, 0.25) is 11.8 Å². The van der Waals surface area contributed by atoms with E-state index in [1.165, 1.54) is 6.26 Å². The first-order valence-corrected chi connectivity index (χ1v) is 8.97. The molecule has 7 nitrogen and oxygen atoms in total. The fourth-order valence-electron chi connectivity index (χ4n) is 3.31. The van der Waals surface area contributed by atoms with Gasteiger partial charge in [-0.05, 0) is 23.6 Å². The predicted octanol–water partition coefficient (Wildman–Crippen LogP) is 0.735. The average molecular weight is 359 g/mol. The van der Waals surface area contributed by atoms with Crippen LogP contribution in [-0.2, 0) is 16.0 Å². The maximum absolute atomic E-state index is 12.7. The maximum Gasteiger partial charge on any atom is 0.289 e. The highest BCUT2D eigenvalue weighted by Gasteiger charge is 2.44. The molecule has 2 unspecified atom stereocenters. The lowest BCUT2D eigenvalue weighted by Crippen LogP contribution is -2.70. The topological polar surface area (TPSA) is 82.9 Å². The highest BCUT2D eigenvalue weighted by atomic mass is 32.1. The van der Waals surface area contributed by atoms with E-state index in [0.717, 1.165) is 4.88 Å². The van der Waals surface area contributed by atoms with Gasteiger partial charge in [-0.15, -0.1) is 11.3 Å². The monoisotopic (exact) mass is 359 g/mol. The van der Waals surface area contributed by atoms with Gasteiger partial charge in [0, 0.05) is 24.4 Å². The molecule has 1 N–H and O–H groups in total. The molecule has 25 heavy (non-hydrogen) atoms. The zero-order valence-corrected chi connectivity index (χ0v) is 14.2. The molecular weight excluding hydrogens is 342 g/mol. The number of fused-ring (bicyclic) bond motifs is 1. The summed E-state index contributed by atoms with van der Waals surface area (Å²) in [6.07, 6.45) is 1.94. The number of carbonyl (C=O) groups is 3. The summed E-state index contributed by atoms with van der Waals surface area (Å²) in [5.41, 5.74) is 0. The molecule has 0 bridgehead atoms. The molecule has 2 saturated heterocycles. The normalized spacial score (nSPS) is 23.4. The molecular formula is C17H17N3O4S. The SMILES string of the molecule is O=C1NC(Cc2cccs2)C(=O)N2CCN(C(=O)c3ccco3)CC12. The molecule has 8 heteroatoms. The largest absolute Gasteiger partial charge is 0.459 e. The molecule has 2 aromatic heterocycles. The zero-order chi connectivity index (χ0) is 17.4. The second-order valence-electron chi connectivity index (χ2n) is 6.12. The summed E-state index contributed by atoms with van der Waals surface area (Å²) in [6, 6.07) is 5.95. The molecule has 2 fully saturated rings. The standard InChI is InChI=1S/C17H17N3O4S/c21-15-13-10-19(17(23)14-4-1-7-24-14)5-6-20(13)16(22)12(18-15)9-11-3-2-8-25-11/h1-4,7-8,12-13H,5-6,9-10H2,(H,18,21). The summed E-state index contributed by atoms with van der Waals surface area (Å²) in [5.74, 6) is -0.307. The fourth-order valence-corrected chi connectivity index (χ4v) is 4.06. The summed E-state index contributed by atoms with van der Waals surface area (Å²) in [5, 5.41) is 4.76. The van der Waals surface area contributed by atoms with E-state index in [0.29, 0.717) is 19.5 Å². The van der Waals surface area contributed by atoms with E-state index in [-0.39, 0.29) is 30.0 Å². The van der Waals surface area contributed by atoms with Gasteiger partial charge >= 0.3 is 0 Å². The van der Waals surface area contributed by atoms with Gasteiger partial charge < -0.3 is 19.5 Å². The number of furan rings is 1. The molecule has 2 aliphatic rings. The van der Waals surface area contributed by atoms with Crippen LogP contribution in [0.4, 0.5) is 0 Å². The Hall–Kier alpha value is -2.61. The highest BCUT2D eigenvalue weighted by Crippen LogP contribution is 2.21. The van der Waals surface area contributed by atoms with Gasteiger partial charge in [-0.1, -0.05) is 6.07 Å². The quantitative estimate of drug-likeness (QED) is 0.876. The molecule has 2 atom stereocenters. The minimum absolute atomic E-state index is 0.0805. The number of amides is 3. The third kappa shape index (κ3) is 2.93. The Bertz CT molecular complexity index is 787. The first-order valence-electron chi connectivity index (χ1n) is 8.09. The van der Waals surface area contributed by atoms with Crippen molar-refractivity contribution in [2.75, 3.05) is 19.6 Å². The molecule has 0 radical (unpaired) electrons. The van der Waals surface area contributed by atoms with Crippen molar-refractivity contribution in [3.8, 4) is 0 Å². The molecule has 130 valence electrons.